The van der Waals surface area contributed by atoms with E-state index in [0.717, 1.165) is 42.3 Å². The van der Waals surface area contributed by atoms with Crippen LogP contribution in [0.4, 0.5) is 0 Å². The number of aromatic nitrogens is 2. The zero-order valence-electron chi connectivity index (χ0n) is 14.2. The average molecular weight is 404 g/mol. The summed E-state index contributed by atoms with van der Waals surface area (Å²) in [6.45, 7) is 0.802. The lowest BCUT2D eigenvalue weighted by Gasteiger charge is -2.29. The largest absolute Gasteiger partial charge is 0.337 e. The van der Waals surface area contributed by atoms with E-state index in [-0.39, 0.29) is 17.9 Å². The molecule has 6 heteroatoms. The molecule has 2 aromatic rings. The quantitative estimate of drug-likeness (QED) is 0.741. The molecule has 2 fully saturated rings. The number of amides is 1. The molecule has 1 unspecified atom stereocenters. The second kappa shape index (κ2) is 7.28. The topological polar surface area (TPSA) is 59.2 Å². The zero-order chi connectivity index (χ0) is 17.2. The van der Waals surface area contributed by atoms with Crippen LogP contribution in [0.1, 0.15) is 56.9 Å². The van der Waals surface area contributed by atoms with E-state index >= 15 is 0 Å². The maximum atomic E-state index is 12.9. The molecule has 1 aromatic heterocycles. The van der Waals surface area contributed by atoms with Crippen LogP contribution in [0.25, 0.3) is 11.4 Å². The Hall–Kier alpha value is -1.69. The third-order valence-electron chi connectivity index (χ3n) is 5.32. The molecule has 2 aliphatic rings. The lowest BCUT2D eigenvalue weighted by molar-refractivity contribution is -0.138. The average Bonchev–Trinajstić information content (AvgIpc) is 3.31. The minimum absolute atomic E-state index is 0.0638. The van der Waals surface area contributed by atoms with Crippen molar-refractivity contribution < 1.29 is 9.32 Å². The fraction of sp³-hybridized carbons (Fsp3) is 0.526. The molecule has 1 saturated carbocycles. The lowest BCUT2D eigenvalue weighted by atomic mass is 9.88. The molecule has 1 aliphatic carbocycles. The maximum Gasteiger partial charge on any atom is 0.249 e. The molecule has 4 rings (SSSR count). The van der Waals surface area contributed by atoms with Crippen LogP contribution in [0.2, 0.25) is 0 Å². The van der Waals surface area contributed by atoms with Crippen molar-refractivity contribution in [1.29, 1.82) is 0 Å². The summed E-state index contributed by atoms with van der Waals surface area (Å²) in [6, 6.07) is 7.77. The van der Waals surface area contributed by atoms with Crippen LogP contribution in [-0.4, -0.2) is 27.5 Å². The molecule has 132 valence electrons. The highest BCUT2D eigenvalue weighted by Crippen LogP contribution is 2.35. The Morgan fingerprint density at radius 1 is 1.08 bits per heavy atom. The number of rotatable bonds is 3. The highest BCUT2D eigenvalue weighted by atomic mass is 79.9. The molecule has 0 spiro atoms. The van der Waals surface area contributed by atoms with Crippen molar-refractivity contribution in [2.75, 3.05) is 6.54 Å². The summed E-state index contributed by atoms with van der Waals surface area (Å²) >= 11 is 3.43. The van der Waals surface area contributed by atoms with Gasteiger partial charge in [-0.15, -0.1) is 0 Å². The highest BCUT2D eigenvalue weighted by molar-refractivity contribution is 9.10. The molecule has 1 amide bonds. The van der Waals surface area contributed by atoms with Crippen LogP contribution in [0.15, 0.2) is 33.3 Å². The van der Waals surface area contributed by atoms with Crippen molar-refractivity contribution in [3.05, 3.63) is 34.6 Å². The minimum Gasteiger partial charge on any atom is -0.337 e. The predicted molar refractivity (Wildman–Crippen MR) is 97.7 cm³/mol. The van der Waals surface area contributed by atoms with E-state index in [0.29, 0.717) is 11.7 Å². The van der Waals surface area contributed by atoms with Crippen LogP contribution in [0.5, 0.6) is 0 Å². The molecule has 1 atom stereocenters. The van der Waals surface area contributed by atoms with Gasteiger partial charge in [0.15, 0.2) is 0 Å². The number of likely N-dealkylation sites (tertiary alicyclic amines) is 1. The van der Waals surface area contributed by atoms with Gasteiger partial charge in [-0.25, -0.2) is 0 Å². The normalized spacial score (nSPS) is 21.6. The fourth-order valence-corrected chi connectivity index (χ4v) is 4.22. The Balaban J connectivity index is 1.52. The Morgan fingerprint density at radius 3 is 2.60 bits per heavy atom. The van der Waals surface area contributed by atoms with E-state index in [9.17, 15) is 4.79 Å². The first kappa shape index (κ1) is 16.8. The van der Waals surface area contributed by atoms with Gasteiger partial charge in [-0.2, -0.15) is 4.98 Å². The van der Waals surface area contributed by atoms with Crippen LogP contribution >= 0.6 is 15.9 Å². The van der Waals surface area contributed by atoms with Crippen molar-refractivity contribution >= 4 is 21.8 Å². The van der Waals surface area contributed by atoms with Crippen molar-refractivity contribution in [1.82, 2.24) is 15.0 Å². The third kappa shape index (κ3) is 3.50. The molecule has 0 bridgehead atoms. The van der Waals surface area contributed by atoms with Gasteiger partial charge >= 0.3 is 0 Å². The summed E-state index contributed by atoms with van der Waals surface area (Å²) < 4.78 is 6.55. The fourth-order valence-electron chi connectivity index (χ4n) is 3.96. The number of carbonyl (C=O) groups is 1. The van der Waals surface area contributed by atoms with Gasteiger partial charge in [-0.3, -0.25) is 4.79 Å². The number of benzene rings is 1. The smallest absolute Gasteiger partial charge is 0.249 e. The number of halogens is 1. The predicted octanol–water partition coefficient (Wildman–Crippen LogP) is 4.74. The van der Waals surface area contributed by atoms with Crippen molar-refractivity contribution in [2.45, 2.75) is 51.0 Å². The summed E-state index contributed by atoms with van der Waals surface area (Å²) in [7, 11) is 0. The van der Waals surface area contributed by atoms with Gasteiger partial charge in [0.25, 0.3) is 0 Å². The Bertz CT molecular complexity index is 737. The molecule has 0 N–H and O–H groups in total. The summed E-state index contributed by atoms with van der Waals surface area (Å²) in [5, 5.41) is 4.13. The van der Waals surface area contributed by atoms with Crippen LogP contribution < -0.4 is 0 Å². The Labute approximate surface area is 155 Å². The van der Waals surface area contributed by atoms with Crippen molar-refractivity contribution in [3.8, 4) is 11.4 Å². The number of carbonyl (C=O) groups excluding carboxylic acids is 1. The van der Waals surface area contributed by atoms with Gasteiger partial charge in [0.1, 0.15) is 6.04 Å². The summed E-state index contributed by atoms with van der Waals surface area (Å²) in [5.74, 6) is 1.62. The van der Waals surface area contributed by atoms with Crippen molar-refractivity contribution in [3.63, 3.8) is 0 Å². The van der Waals surface area contributed by atoms with Crippen LogP contribution in [0, 0.1) is 5.92 Å². The summed E-state index contributed by atoms with van der Waals surface area (Å²) in [4.78, 5) is 19.5. The van der Waals surface area contributed by atoms with E-state index in [1.807, 2.05) is 29.2 Å². The molecule has 5 nitrogen and oxygen atoms in total. The van der Waals surface area contributed by atoms with Crippen molar-refractivity contribution in [2.24, 2.45) is 5.92 Å². The van der Waals surface area contributed by atoms with E-state index < -0.39 is 0 Å². The molecule has 2 heterocycles. The Morgan fingerprint density at radius 2 is 1.84 bits per heavy atom. The first-order valence-corrected chi connectivity index (χ1v) is 9.92. The SMILES string of the molecule is O=C(C1CCCCC1)N1CCCC1c1nc(-c2ccc(Br)cc2)no1. The number of hydrogen-bond donors (Lipinski definition) is 0. The third-order valence-corrected chi connectivity index (χ3v) is 5.85. The van der Waals surface area contributed by atoms with Gasteiger partial charge in [-0.05, 0) is 49.9 Å². The van der Waals surface area contributed by atoms with E-state index in [2.05, 4.69) is 26.1 Å². The monoisotopic (exact) mass is 403 g/mol. The minimum atomic E-state index is -0.0638. The van der Waals surface area contributed by atoms with E-state index in [1.165, 1.54) is 19.3 Å². The van der Waals surface area contributed by atoms with E-state index in [1.54, 1.807) is 0 Å². The standard InChI is InChI=1S/C19H22BrN3O2/c20-15-10-8-13(9-11-15)17-21-18(25-22-17)16-7-4-12-23(16)19(24)14-5-2-1-3-6-14/h8-11,14,16H,1-7,12H2. The molecule has 25 heavy (non-hydrogen) atoms. The van der Waals surface area contributed by atoms with Crippen LogP contribution in [-0.2, 0) is 4.79 Å². The van der Waals surface area contributed by atoms with Gasteiger partial charge in [0.2, 0.25) is 17.6 Å². The molecule has 1 aromatic carbocycles. The summed E-state index contributed by atoms with van der Waals surface area (Å²) in [6.07, 6.45) is 7.55. The Kier molecular flexibility index (Phi) is 4.88. The first-order valence-electron chi connectivity index (χ1n) is 9.12. The van der Waals surface area contributed by atoms with Crippen LogP contribution in [0.3, 0.4) is 0 Å². The lowest BCUT2D eigenvalue weighted by Crippen LogP contribution is -2.36. The molecule has 0 radical (unpaired) electrons. The second-order valence-corrected chi connectivity index (χ2v) is 7.90. The van der Waals surface area contributed by atoms with Gasteiger partial charge in [-0.1, -0.05) is 40.3 Å². The summed E-state index contributed by atoms with van der Waals surface area (Å²) in [5.41, 5.74) is 0.918. The zero-order valence-corrected chi connectivity index (χ0v) is 15.7. The number of hydrogen-bond acceptors (Lipinski definition) is 4. The van der Waals surface area contributed by atoms with E-state index in [4.69, 9.17) is 4.52 Å². The molecule has 1 aliphatic heterocycles. The number of nitrogens with zero attached hydrogens (tertiary/aromatic N) is 3. The molecule has 1 saturated heterocycles. The maximum absolute atomic E-state index is 12.9. The van der Waals surface area contributed by atoms with Gasteiger partial charge < -0.3 is 9.42 Å². The molecular formula is C19H22BrN3O2. The first-order chi connectivity index (χ1) is 12.2. The molecular weight excluding hydrogens is 382 g/mol. The van der Waals surface area contributed by atoms with Gasteiger partial charge in [0, 0.05) is 22.5 Å². The highest BCUT2D eigenvalue weighted by Gasteiger charge is 2.37. The second-order valence-electron chi connectivity index (χ2n) is 6.99. The van der Waals surface area contributed by atoms with Gasteiger partial charge in [0.05, 0.1) is 0 Å².